The first-order chi connectivity index (χ1) is 8.19. The number of anilines is 1. The van der Waals surface area contributed by atoms with Gasteiger partial charge in [-0.15, -0.1) is 0 Å². The molecule has 2 N–H and O–H groups in total. The van der Waals surface area contributed by atoms with Gasteiger partial charge in [0.15, 0.2) is 0 Å². The van der Waals surface area contributed by atoms with Crippen LogP contribution in [0.1, 0.15) is 18.4 Å². The van der Waals surface area contributed by atoms with E-state index in [1.54, 1.807) is 6.20 Å². The SMILES string of the molecule is CCc1cc(Sc2ncccc2N)nc(C)n1. The number of nitrogens with two attached hydrogens (primary N) is 1. The second kappa shape index (κ2) is 5.14. The summed E-state index contributed by atoms with van der Waals surface area (Å²) >= 11 is 1.47. The second-order valence-electron chi connectivity index (χ2n) is 3.60. The highest BCUT2D eigenvalue weighted by molar-refractivity contribution is 7.99. The molecule has 0 saturated carbocycles. The largest absolute Gasteiger partial charge is 0.397 e. The Hall–Kier alpha value is -1.62. The third kappa shape index (κ3) is 2.94. The van der Waals surface area contributed by atoms with Gasteiger partial charge in [-0.05, 0) is 43.3 Å². The van der Waals surface area contributed by atoms with Gasteiger partial charge in [0.05, 0.1) is 5.69 Å². The normalized spacial score (nSPS) is 10.5. The molecule has 0 fully saturated rings. The summed E-state index contributed by atoms with van der Waals surface area (Å²) in [6.45, 7) is 3.97. The standard InChI is InChI=1S/C12H14N4S/c1-3-9-7-11(16-8(2)15-9)17-12-10(13)5-4-6-14-12/h4-7H,3,13H2,1-2H3. The van der Waals surface area contributed by atoms with Crippen molar-refractivity contribution in [3.8, 4) is 0 Å². The van der Waals surface area contributed by atoms with E-state index >= 15 is 0 Å². The Morgan fingerprint density at radius 2 is 2.18 bits per heavy atom. The van der Waals surface area contributed by atoms with Crippen molar-refractivity contribution in [2.24, 2.45) is 0 Å². The molecule has 5 heteroatoms. The van der Waals surface area contributed by atoms with E-state index in [1.165, 1.54) is 11.8 Å². The smallest absolute Gasteiger partial charge is 0.126 e. The van der Waals surface area contributed by atoms with Crippen LogP contribution in [0.5, 0.6) is 0 Å². The molecular weight excluding hydrogens is 232 g/mol. The first-order valence-electron chi connectivity index (χ1n) is 5.42. The van der Waals surface area contributed by atoms with Crippen molar-refractivity contribution in [3.63, 3.8) is 0 Å². The van der Waals surface area contributed by atoms with Crippen LogP contribution in [0.15, 0.2) is 34.4 Å². The molecule has 0 unspecified atom stereocenters. The fourth-order valence-corrected chi connectivity index (χ4v) is 2.29. The Morgan fingerprint density at radius 3 is 2.88 bits per heavy atom. The van der Waals surface area contributed by atoms with E-state index in [9.17, 15) is 0 Å². The Morgan fingerprint density at radius 1 is 1.35 bits per heavy atom. The number of hydrogen-bond donors (Lipinski definition) is 1. The molecule has 2 aromatic heterocycles. The van der Waals surface area contributed by atoms with Gasteiger partial charge in [0.2, 0.25) is 0 Å². The van der Waals surface area contributed by atoms with Gasteiger partial charge in [-0.25, -0.2) is 15.0 Å². The van der Waals surface area contributed by atoms with Crippen LogP contribution in [0.4, 0.5) is 5.69 Å². The zero-order valence-electron chi connectivity index (χ0n) is 9.84. The first kappa shape index (κ1) is 11.9. The number of aryl methyl sites for hydroxylation is 2. The Labute approximate surface area is 105 Å². The average Bonchev–Trinajstić information content (AvgIpc) is 2.31. The van der Waals surface area contributed by atoms with Crippen molar-refractivity contribution in [2.45, 2.75) is 30.3 Å². The van der Waals surface area contributed by atoms with Crippen molar-refractivity contribution in [1.82, 2.24) is 15.0 Å². The highest BCUT2D eigenvalue weighted by atomic mass is 32.2. The van der Waals surface area contributed by atoms with Crippen molar-refractivity contribution < 1.29 is 0 Å². The second-order valence-corrected chi connectivity index (χ2v) is 4.61. The molecule has 0 amide bonds. The number of nitrogen functional groups attached to an aromatic ring is 1. The summed E-state index contributed by atoms with van der Waals surface area (Å²) in [5.41, 5.74) is 7.56. The number of nitrogens with zero attached hydrogens (tertiary/aromatic N) is 3. The van der Waals surface area contributed by atoms with Crippen LogP contribution < -0.4 is 5.73 Å². The van der Waals surface area contributed by atoms with E-state index in [0.29, 0.717) is 5.69 Å². The predicted molar refractivity (Wildman–Crippen MR) is 68.9 cm³/mol. The van der Waals surface area contributed by atoms with Crippen LogP contribution in [0.3, 0.4) is 0 Å². The molecule has 0 radical (unpaired) electrons. The van der Waals surface area contributed by atoms with Gasteiger partial charge in [-0.2, -0.15) is 0 Å². The third-order valence-corrected chi connectivity index (χ3v) is 3.18. The van der Waals surface area contributed by atoms with Crippen molar-refractivity contribution in [2.75, 3.05) is 5.73 Å². The molecule has 0 atom stereocenters. The number of rotatable bonds is 3. The molecule has 0 spiro atoms. The summed E-state index contributed by atoms with van der Waals surface area (Å²) < 4.78 is 0. The minimum atomic E-state index is 0.673. The van der Waals surface area contributed by atoms with Gasteiger partial charge in [0, 0.05) is 11.9 Å². The highest BCUT2D eigenvalue weighted by Crippen LogP contribution is 2.28. The zero-order chi connectivity index (χ0) is 12.3. The van der Waals surface area contributed by atoms with Gasteiger partial charge in [0.1, 0.15) is 15.9 Å². The molecule has 0 aliphatic rings. The van der Waals surface area contributed by atoms with E-state index in [0.717, 1.165) is 28.0 Å². The molecule has 2 heterocycles. The number of pyridine rings is 1. The maximum atomic E-state index is 5.85. The number of aromatic nitrogens is 3. The lowest BCUT2D eigenvalue weighted by molar-refractivity contribution is 0.895. The lowest BCUT2D eigenvalue weighted by atomic mass is 10.3. The van der Waals surface area contributed by atoms with Gasteiger partial charge < -0.3 is 5.73 Å². The van der Waals surface area contributed by atoms with Crippen LogP contribution in [0.25, 0.3) is 0 Å². The average molecular weight is 246 g/mol. The molecular formula is C12H14N4S. The van der Waals surface area contributed by atoms with Gasteiger partial charge in [-0.1, -0.05) is 6.92 Å². The van der Waals surface area contributed by atoms with Crippen molar-refractivity contribution in [1.29, 1.82) is 0 Å². The molecule has 88 valence electrons. The minimum absolute atomic E-state index is 0.673. The first-order valence-corrected chi connectivity index (χ1v) is 6.23. The van der Waals surface area contributed by atoms with E-state index in [2.05, 4.69) is 21.9 Å². The van der Waals surface area contributed by atoms with E-state index in [1.807, 2.05) is 25.1 Å². The summed E-state index contributed by atoms with van der Waals surface area (Å²) in [4.78, 5) is 13.0. The minimum Gasteiger partial charge on any atom is -0.397 e. The topological polar surface area (TPSA) is 64.7 Å². The summed E-state index contributed by atoms with van der Waals surface area (Å²) in [6.07, 6.45) is 2.63. The van der Waals surface area contributed by atoms with Gasteiger partial charge in [-0.3, -0.25) is 0 Å². The lowest BCUT2D eigenvalue weighted by Gasteiger charge is -2.05. The van der Waals surface area contributed by atoms with Gasteiger partial charge in [0.25, 0.3) is 0 Å². The van der Waals surface area contributed by atoms with Crippen LogP contribution in [0, 0.1) is 6.92 Å². The molecule has 0 aliphatic heterocycles. The molecule has 0 saturated heterocycles. The predicted octanol–water partition coefficient (Wildman–Crippen LogP) is 2.48. The Kier molecular flexibility index (Phi) is 3.58. The van der Waals surface area contributed by atoms with E-state index < -0.39 is 0 Å². The van der Waals surface area contributed by atoms with E-state index in [-0.39, 0.29) is 0 Å². The van der Waals surface area contributed by atoms with Gasteiger partial charge >= 0.3 is 0 Å². The zero-order valence-corrected chi connectivity index (χ0v) is 10.7. The monoisotopic (exact) mass is 246 g/mol. The van der Waals surface area contributed by atoms with Crippen molar-refractivity contribution >= 4 is 17.4 Å². The van der Waals surface area contributed by atoms with Crippen LogP contribution in [0.2, 0.25) is 0 Å². The highest BCUT2D eigenvalue weighted by Gasteiger charge is 2.06. The third-order valence-electron chi connectivity index (χ3n) is 2.23. The summed E-state index contributed by atoms with van der Waals surface area (Å²) in [5.74, 6) is 0.779. The molecule has 2 aromatic rings. The molecule has 4 nitrogen and oxygen atoms in total. The Balaban J connectivity index is 2.30. The summed E-state index contributed by atoms with van der Waals surface area (Å²) in [7, 11) is 0. The fraction of sp³-hybridized carbons (Fsp3) is 0.250. The maximum Gasteiger partial charge on any atom is 0.126 e. The number of hydrogen-bond acceptors (Lipinski definition) is 5. The summed E-state index contributed by atoms with van der Waals surface area (Å²) in [6, 6.07) is 5.64. The van der Waals surface area contributed by atoms with E-state index in [4.69, 9.17) is 5.73 Å². The quantitative estimate of drug-likeness (QED) is 0.843. The van der Waals surface area contributed by atoms with Crippen molar-refractivity contribution in [3.05, 3.63) is 35.9 Å². The Bertz CT molecular complexity index is 528. The van der Waals surface area contributed by atoms with Crippen LogP contribution in [-0.4, -0.2) is 15.0 Å². The summed E-state index contributed by atoms with van der Waals surface area (Å²) in [5, 5.41) is 1.67. The molecule has 0 aliphatic carbocycles. The fourth-order valence-electron chi connectivity index (χ4n) is 1.42. The molecule has 17 heavy (non-hydrogen) atoms. The molecule has 2 rings (SSSR count). The lowest BCUT2D eigenvalue weighted by Crippen LogP contribution is -1.97. The molecule has 0 aromatic carbocycles. The maximum absolute atomic E-state index is 5.85. The van der Waals surface area contributed by atoms with Crippen LogP contribution in [-0.2, 0) is 6.42 Å². The van der Waals surface area contributed by atoms with Crippen LogP contribution >= 0.6 is 11.8 Å². The molecule has 0 bridgehead atoms.